The first kappa shape index (κ1) is 16.9. The number of aromatic nitrogens is 1. The quantitative estimate of drug-likeness (QED) is 0.767. The normalized spacial score (nSPS) is 15.7. The molecule has 3 aromatic rings. The van der Waals surface area contributed by atoms with Crippen molar-refractivity contribution < 1.29 is 4.42 Å². The van der Waals surface area contributed by atoms with Gasteiger partial charge in [0, 0.05) is 37.9 Å². The van der Waals surface area contributed by atoms with Crippen LogP contribution in [0.5, 0.6) is 0 Å². The number of oxazole rings is 1. The Morgan fingerprint density at radius 2 is 1.92 bits per heavy atom. The maximum atomic E-state index is 12.0. The number of benzene rings is 2. The summed E-state index contributed by atoms with van der Waals surface area (Å²) in [5.41, 5.74) is 4.15. The van der Waals surface area contributed by atoms with E-state index in [1.54, 1.807) is 4.57 Å². The van der Waals surface area contributed by atoms with Gasteiger partial charge in [-0.25, -0.2) is 4.79 Å². The molecule has 5 nitrogen and oxygen atoms in total. The first-order valence-corrected chi connectivity index (χ1v) is 9.34. The van der Waals surface area contributed by atoms with Crippen LogP contribution in [0.25, 0.3) is 11.1 Å². The Balaban J connectivity index is 1.30. The van der Waals surface area contributed by atoms with E-state index in [-0.39, 0.29) is 5.76 Å². The molecule has 1 N–H and O–H groups in total. The molecule has 0 unspecified atom stereocenters. The number of para-hydroxylation sites is 2. The monoisotopic (exact) mass is 351 g/mol. The second-order valence-electron chi connectivity index (χ2n) is 7.04. The SMILES string of the molecule is Cc1cccc(N2CCC(NCCn3c(=O)oc4ccccc43)CC2)c1. The van der Waals surface area contributed by atoms with Gasteiger partial charge in [0.25, 0.3) is 0 Å². The maximum absolute atomic E-state index is 12.0. The van der Waals surface area contributed by atoms with E-state index in [1.165, 1.54) is 11.3 Å². The lowest BCUT2D eigenvalue weighted by molar-refractivity contribution is 0.401. The second kappa shape index (κ2) is 7.38. The lowest BCUT2D eigenvalue weighted by atomic mass is 10.0. The molecule has 4 rings (SSSR count). The predicted molar refractivity (Wildman–Crippen MR) is 105 cm³/mol. The number of aryl methyl sites for hydroxylation is 1. The van der Waals surface area contributed by atoms with E-state index >= 15 is 0 Å². The highest BCUT2D eigenvalue weighted by atomic mass is 16.4. The molecule has 0 amide bonds. The Morgan fingerprint density at radius 1 is 1.12 bits per heavy atom. The van der Waals surface area contributed by atoms with Crippen LogP contribution in [0, 0.1) is 6.92 Å². The van der Waals surface area contributed by atoms with E-state index in [1.807, 2.05) is 24.3 Å². The van der Waals surface area contributed by atoms with Crippen LogP contribution >= 0.6 is 0 Å². The summed E-state index contributed by atoms with van der Waals surface area (Å²) in [6, 6.07) is 16.8. The van der Waals surface area contributed by atoms with Gasteiger partial charge in [-0.05, 0) is 49.6 Å². The average Bonchev–Trinajstić information content (AvgIpc) is 2.98. The molecule has 1 aliphatic rings. The molecular formula is C21H25N3O2. The van der Waals surface area contributed by atoms with E-state index in [4.69, 9.17) is 4.42 Å². The van der Waals surface area contributed by atoms with Crippen molar-refractivity contribution in [2.75, 3.05) is 24.5 Å². The molecular weight excluding hydrogens is 326 g/mol. The van der Waals surface area contributed by atoms with E-state index < -0.39 is 0 Å². The molecule has 0 atom stereocenters. The van der Waals surface area contributed by atoms with Crippen molar-refractivity contribution in [3.05, 3.63) is 64.6 Å². The van der Waals surface area contributed by atoms with Crippen LogP contribution < -0.4 is 16.0 Å². The average molecular weight is 351 g/mol. The fourth-order valence-corrected chi connectivity index (χ4v) is 3.77. The van der Waals surface area contributed by atoms with Gasteiger partial charge in [0.05, 0.1) is 5.52 Å². The Labute approximate surface area is 153 Å². The highest BCUT2D eigenvalue weighted by Gasteiger charge is 2.19. The third-order valence-corrected chi connectivity index (χ3v) is 5.20. The number of hydrogen-bond acceptors (Lipinski definition) is 4. The number of rotatable bonds is 5. The van der Waals surface area contributed by atoms with Crippen LogP contribution in [0.1, 0.15) is 18.4 Å². The van der Waals surface area contributed by atoms with Crippen molar-refractivity contribution in [3.63, 3.8) is 0 Å². The van der Waals surface area contributed by atoms with Crippen LogP contribution in [-0.2, 0) is 6.54 Å². The largest absolute Gasteiger partial charge is 0.419 e. The second-order valence-corrected chi connectivity index (χ2v) is 7.04. The van der Waals surface area contributed by atoms with Crippen LogP contribution in [0.4, 0.5) is 5.69 Å². The minimum atomic E-state index is -0.276. The van der Waals surface area contributed by atoms with Gasteiger partial charge in [0.15, 0.2) is 5.58 Å². The summed E-state index contributed by atoms with van der Waals surface area (Å²) in [5.74, 6) is -0.276. The highest BCUT2D eigenvalue weighted by molar-refractivity contribution is 5.72. The lowest BCUT2D eigenvalue weighted by Crippen LogP contribution is -2.43. The van der Waals surface area contributed by atoms with Crippen molar-refractivity contribution in [2.45, 2.75) is 32.4 Å². The summed E-state index contributed by atoms with van der Waals surface area (Å²) in [5, 5.41) is 3.61. The van der Waals surface area contributed by atoms with E-state index in [2.05, 4.69) is 41.4 Å². The van der Waals surface area contributed by atoms with Gasteiger partial charge >= 0.3 is 5.76 Å². The minimum Gasteiger partial charge on any atom is -0.408 e. The zero-order valence-electron chi connectivity index (χ0n) is 15.1. The summed E-state index contributed by atoms with van der Waals surface area (Å²) in [6.45, 7) is 5.68. The van der Waals surface area contributed by atoms with Gasteiger partial charge in [-0.15, -0.1) is 0 Å². The summed E-state index contributed by atoms with van der Waals surface area (Å²) in [6.07, 6.45) is 2.24. The zero-order valence-corrected chi connectivity index (χ0v) is 15.1. The number of hydrogen-bond donors (Lipinski definition) is 1. The third-order valence-electron chi connectivity index (χ3n) is 5.20. The molecule has 1 fully saturated rings. The van der Waals surface area contributed by atoms with E-state index in [0.29, 0.717) is 18.2 Å². The van der Waals surface area contributed by atoms with Crippen molar-refractivity contribution in [3.8, 4) is 0 Å². The Morgan fingerprint density at radius 3 is 2.73 bits per heavy atom. The third kappa shape index (κ3) is 3.53. The van der Waals surface area contributed by atoms with Crippen LogP contribution in [0.15, 0.2) is 57.7 Å². The van der Waals surface area contributed by atoms with E-state index in [0.717, 1.165) is 38.0 Å². The summed E-state index contributed by atoms with van der Waals surface area (Å²) in [7, 11) is 0. The Kier molecular flexibility index (Phi) is 4.80. The van der Waals surface area contributed by atoms with E-state index in [9.17, 15) is 4.79 Å². The van der Waals surface area contributed by atoms with Crippen LogP contribution in [0.3, 0.4) is 0 Å². The minimum absolute atomic E-state index is 0.276. The first-order chi connectivity index (χ1) is 12.7. The van der Waals surface area contributed by atoms with Crippen LogP contribution in [-0.4, -0.2) is 30.2 Å². The molecule has 0 spiro atoms. The van der Waals surface area contributed by atoms with Gasteiger partial charge in [-0.1, -0.05) is 24.3 Å². The Bertz CT molecular complexity index is 936. The molecule has 2 heterocycles. The van der Waals surface area contributed by atoms with Crippen molar-refractivity contribution in [1.82, 2.24) is 9.88 Å². The molecule has 136 valence electrons. The first-order valence-electron chi connectivity index (χ1n) is 9.34. The topological polar surface area (TPSA) is 50.4 Å². The van der Waals surface area contributed by atoms with Gasteiger partial charge in [0.1, 0.15) is 0 Å². The molecule has 26 heavy (non-hydrogen) atoms. The number of nitrogens with one attached hydrogen (secondary N) is 1. The molecule has 2 aromatic carbocycles. The highest BCUT2D eigenvalue weighted by Crippen LogP contribution is 2.21. The predicted octanol–water partition coefficient (Wildman–Crippen LogP) is 3.16. The molecule has 1 aromatic heterocycles. The van der Waals surface area contributed by atoms with Crippen LogP contribution in [0.2, 0.25) is 0 Å². The summed E-state index contributed by atoms with van der Waals surface area (Å²) >= 11 is 0. The standard InChI is InChI=1S/C21H25N3O2/c1-16-5-4-6-18(15-16)23-12-9-17(10-13-23)22-11-14-24-19-7-2-3-8-20(19)26-21(24)25/h2-8,15,17,22H,9-14H2,1H3. The van der Waals surface area contributed by atoms with Gasteiger partial charge in [-0.2, -0.15) is 0 Å². The molecule has 0 aliphatic carbocycles. The molecule has 5 heteroatoms. The van der Waals surface area contributed by atoms with Gasteiger partial charge in [-0.3, -0.25) is 4.57 Å². The fraction of sp³-hybridized carbons (Fsp3) is 0.381. The number of piperidine rings is 1. The Hall–Kier alpha value is -2.53. The summed E-state index contributed by atoms with van der Waals surface area (Å²) < 4.78 is 7.00. The molecule has 0 saturated carbocycles. The van der Waals surface area contributed by atoms with Crippen molar-refractivity contribution in [1.29, 1.82) is 0 Å². The zero-order chi connectivity index (χ0) is 17.9. The van der Waals surface area contributed by atoms with Crippen molar-refractivity contribution >= 4 is 16.8 Å². The van der Waals surface area contributed by atoms with Gasteiger partial charge < -0.3 is 14.6 Å². The van der Waals surface area contributed by atoms with Crippen molar-refractivity contribution in [2.24, 2.45) is 0 Å². The molecule has 0 radical (unpaired) electrons. The molecule has 1 saturated heterocycles. The summed E-state index contributed by atoms with van der Waals surface area (Å²) in [4.78, 5) is 14.5. The number of fused-ring (bicyclic) bond motifs is 1. The molecule has 0 bridgehead atoms. The number of nitrogens with zero attached hydrogens (tertiary/aromatic N) is 2. The fourth-order valence-electron chi connectivity index (χ4n) is 3.77. The van der Waals surface area contributed by atoms with Gasteiger partial charge in [0.2, 0.25) is 0 Å². The maximum Gasteiger partial charge on any atom is 0.419 e. The molecule has 1 aliphatic heterocycles. The lowest BCUT2D eigenvalue weighted by Gasteiger charge is -2.34. The number of anilines is 1. The smallest absolute Gasteiger partial charge is 0.408 e.